The maximum Gasteiger partial charge on any atom is 0.251 e. The lowest BCUT2D eigenvalue weighted by Gasteiger charge is -2.06. The van der Waals surface area contributed by atoms with Crippen molar-refractivity contribution in [3.05, 3.63) is 29.8 Å². The number of anilines is 1. The number of benzene rings is 1. The third-order valence-corrected chi connectivity index (χ3v) is 3.66. The lowest BCUT2D eigenvalue weighted by atomic mass is 10.2. The van der Waals surface area contributed by atoms with Gasteiger partial charge in [-0.2, -0.15) is 0 Å². The number of hydrogen-bond acceptors (Lipinski definition) is 4. The summed E-state index contributed by atoms with van der Waals surface area (Å²) >= 11 is 0. The molecular weight excluding hydrogens is 254 g/mol. The lowest BCUT2D eigenvalue weighted by molar-refractivity contribution is 0.0956. The normalized spacial score (nSPS) is 11.2. The molecule has 0 aliphatic carbocycles. The molecule has 0 aliphatic heterocycles. The fraction of sp³-hybridized carbons (Fsp3) is 0.364. The van der Waals surface area contributed by atoms with Crippen molar-refractivity contribution >= 4 is 21.6 Å². The van der Waals surface area contributed by atoms with E-state index in [2.05, 4.69) is 10.0 Å². The number of nitrogens with one attached hydrogen (secondary N) is 2. The molecule has 0 unspecified atom stereocenters. The van der Waals surface area contributed by atoms with E-state index < -0.39 is 10.0 Å². The molecule has 0 bridgehead atoms. The molecule has 0 atom stereocenters. The van der Waals surface area contributed by atoms with Crippen molar-refractivity contribution in [2.24, 2.45) is 0 Å². The van der Waals surface area contributed by atoms with E-state index in [4.69, 9.17) is 5.73 Å². The minimum Gasteiger partial charge on any atom is -0.399 e. The van der Waals surface area contributed by atoms with Gasteiger partial charge in [0.25, 0.3) is 5.91 Å². The summed E-state index contributed by atoms with van der Waals surface area (Å²) in [5, 5.41) is 2.53. The second-order valence-electron chi connectivity index (χ2n) is 3.69. The summed E-state index contributed by atoms with van der Waals surface area (Å²) in [7, 11) is -3.30. The smallest absolute Gasteiger partial charge is 0.251 e. The quantitative estimate of drug-likeness (QED) is 0.631. The fourth-order valence-electron chi connectivity index (χ4n) is 1.33. The molecule has 0 saturated carbocycles. The third-order valence-electron chi connectivity index (χ3n) is 2.19. The minimum atomic E-state index is -3.30. The second kappa shape index (κ2) is 6.36. The molecule has 0 aromatic heterocycles. The summed E-state index contributed by atoms with van der Waals surface area (Å²) in [6.45, 7) is 2.11. The van der Waals surface area contributed by atoms with Crippen LogP contribution in [0.4, 0.5) is 5.69 Å². The second-order valence-corrected chi connectivity index (χ2v) is 5.62. The monoisotopic (exact) mass is 271 g/mol. The van der Waals surface area contributed by atoms with Gasteiger partial charge in [0, 0.05) is 24.3 Å². The number of amides is 1. The first-order valence-electron chi connectivity index (χ1n) is 5.55. The van der Waals surface area contributed by atoms with Gasteiger partial charge in [-0.05, 0) is 24.3 Å². The number of sulfonamides is 1. The number of carbonyl (C=O) groups excluding carboxylic acids is 1. The first kappa shape index (κ1) is 14.5. The first-order chi connectivity index (χ1) is 8.44. The van der Waals surface area contributed by atoms with Gasteiger partial charge >= 0.3 is 0 Å². The van der Waals surface area contributed by atoms with Crippen molar-refractivity contribution in [3.63, 3.8) is 0 Å². The van der Waals surface area contributed by atoms with E-state index in [9.17, 15) is 13.2 Å². The van der Waals surface area contributed by atoms with Gasteiger partial charge in [-0.15, -0.1) is 0 Å². The van der Waals surface area contributed by atoms with E-state index >= 15 is 0 Å². The molecule has 100 valence electrons. The highest BCUT2D eigenvalue weighted by molar-refractivity contribution is 7.89. The van der Waals surface area contributed by atoms with Crippen molar-refractivity contribution in [1.82, 2.24) is 10.0 Å². The molecule has 0 heterocycles. The summed E-state index contributed by atoms with van der Waals surface area (Å²) in [5.74, 6) is -0.455. The average molecular weight is 271 g/mol. The molecule has 6 nitrogen and oxygen atoms in total. The summed E-state index contributed by atoms with van der Waals surface area (Å²) in [6.07, 6.45) is 0. The number of rotatable bonds is 6. The van der Waals surface area contributed by atoms with Crippen LogP contribution in [0, 0.1) is 0 Å². The lowest BCUT2D eigenvalue weighted by Crippen LogP contribution is -2.34. The molecule has 0 spiro atoms. The molecular formula is C11H17N3O3S. The van der Waals surface area contributed by atoms with Gasteiger partial charge in [-0.25, -0.2) is 13.1 Å². The van der Waals surface area contributed by atoms with E-state index in [1.807, 2.05) is 0 Å². The van der Waals surface area contributed by atoms with Crippen LogP contribution < -0.4 is 15.8 Å². The maximum atomic E-state index is 11.6. The summed E-state index contributed by atoms with van der Waals surface area (Å²) in [4.78, 5) is 11.6. The zero-order valence-corrected chi connectivity index (χ0v) is 11.0. The van der Waals surface area contributed by atoms with Gasteiger partial charge in [0.15, 0.2) is 0 Å². The molecule has 4 N–H and O–H groups in total. The van der Waals surface area contributed by atoms with Crippen molar-refractivity contribution in [3.8, 4) is 0 Å². The Morgan fingerprint density at radius 1 is 1.28 bits per heavy atom. The van der Waals surface area contributed by atoms with Crippen LogP contribution in [0.1, 0.15) is 17.3 Å². The van der Waals surface area contributed by atoms with Crippen molar-refractivity contribution in [1.29, 1.82) is 0 Å². The third kappa shape index (κ3) is 4.72. The maximum absolute atomic E-state index is 11.6. The predicted octanol–water partition coefficient (Wildman–Crippen LogP) is -0.0621. The Balaban J connectivity index is 2.45. The van der Waals surface area contributed by atoms with Crippen LogP contribution >= 0.6 is 0 Å². The van der Waals surface area contributed by atoms with Crippen LogP contribution in [0.2, 0.25) is 0 Å². The largest absolute Gasteiger partial charge is 0.399 e. The van der Waals surface area contributed by atoms with Gasteiger partial charge in [-0.3, -0.25) is 4.79 Å². The van der Waals surface area contributed by atoms with Crippen LogP contribution in [0.3, 0.4) is 0 Å². The molecule has 0 fully saturated rings. The molecule has 1 aromatic rings. The Bertz CT molecular complexity index is 497. The van der Waals surface area contributed by atoms with Crippen molar-refractivity contribution in [2.75, 3.05) is 24.6 Å². The molecule has 0 radical (unpaired) electrons. The van der Waals surface area contributed by atoms with Gasteiger partial charge in [0.2, 0.25) is 10.0 Å². The predicted molar refractivity (Wildman–Crippen MR) is 70.7 cm³/mol. The van der Waals surface area contributed by atoms with Crippen LogP contribution in [0.15, 0.2) is 24.3 Å². The zero-order chi connectivity index (χ0) is 13.6. The van der Waals surface area contributed by atoms with Crippen LogP contribution in [0.25, 0.3) is 0 Å². The van der Waals surface area contributed by atoms with E-state index in [-0.39, 0.29) is 18.2 Å². The van der Waals surface area contributed by atoms with Crippen LogP contribution in [-0.4, -0.2) is 33.2 Å². The average Bonchev–Trinajstić information content (AvgIpc) is 2.29. The van der Waals surface area contributed by atoms with Gasteiger partial charge < -0.3 is 11.1 Å². The Morgan fingerprint density at radius 3 is 2.44 bits per heavy atom. The summed E-state index contributed by atoms with van der Waals surface area (Å²) < 4.78 is 25.0. The van der Waals surface area contributed by atoms with E-state index in [1.54, 1.807) is 31.2 Å². The number of hydrogen-bond donors (Lipinski definition) is 3. The van der Waals surface area contributed by atoms with Crippen LogP contribution in [-0.2, 0) is 10.0 Å². The highest BCUT2D eigenvalue weighted by Crippen LogP contribution is 2.04. The number of nitrogen functional groups attached to an aromatic ring is 1. The molecule has 1 aromatic carbocycles. The minimum absolute atomic E-state index is 0.0680. The SMILES string of the molecule is CCNS(=O)(=O)CCNC(=O)c1ccc(N)cc1. The fourth-order valence-corrected chi connectivity index (χ4v) is 2.28. The van der Waals surface area contributed by atoms with E-state index in [0.717, 1.165) is 0 Å². The topological polar surface area (TPSA) is 101 Å². The van der Waals surface area contributed by atoms with Crippen molar-refractivity contribution < 1.29 is 13.2 Å². The van der Waals surface area contributed by atoms with Gasteiger partial charge in [0.1, 0.15) is 0 Å². The Labute approximate surface area is 107 Å². The Hall–Kier alpha value is -1.60. The standard InChI is InChI=1S/C11H17N3O3S/c1-2-14-18(16,17)8-7-13-11(15)9-3-5-10(12)6-4-9/h3-6,14H,2,7-8,12H2,1H3,(H,13,15). The van der Waals surface area contributed by atoms with E-state index in [0.29, 0.717) is 17.8 Å². The zero-order valence-electron chi connectivity index (χ0n) is 10.1. The summed E-state index contributed by atoms with van der Waals surface area (Å²) in [6, 6.07) is 6.40. The molecule has 0 saturated heterocycles. The van der Waals surface area contributed by atoms with E-state index in [1.165, 1.54) is 0 Å². The van der Waals surface area contributed by atoms with Crippen LogP contribution in [0.5, 0.6) is 0 Å². The highest BCUT2D eigenvalue weighted by Gasteiger charge is 2.10. The number of carbonyl (C=O) groups is 1. The first-order valence-corrected chi connectivity index (χ1v) is 7.21. The van der Waals surface area contributed by atoms with Gasteiger partial charge in [-0.1, -0.05) is 6.92 Å². The van der Waals surface area contributed by atoms with Crippen molar-refractivity contribution in [2.45, 2.75) is 6.92 Å². The Kier molecular flexibility index (Phi) is 5.11. The molecule has 18 heavy (non-hydrogen) atoms. The summed E-state index contributed by atoms with van der Waals surface area (Å²) in [5.41, 5.74) is 6.52. The number of nitrogens with two attached hydrogens (primary N) is 1. The molecule has 1 amide bonds. The highest BCUT2D eigenvalue weighted by atomic mass is 32.2. The molecule has 0 aliphatic rings. The Morgan fingerprint density at radius 2 is 1.89 bits per heavy atom. The molecule has 1 rings (SSSR count). The van der Waals surface area contributed by atoms with Gasteiger partial charge in [0.05, 0.1) is 5.75 Å². The molecule has 7 heteroatoms.